The Kier molecular flexibility index (Phi) is 3.71. The van der Waals surface area contributed by atoms with Gasteiger partial charge in [0.1, 0.15) is 0 Å². The molecule has 116 valence electrons. The minimum absolute atomic E-state index is 0.126. The first-order chi connectivity index (χ1) is 10.1. The van der Waals surface area contributed by atoms with E-state index >= 15 is 0 Å². The van der Waals surface area contributed by atoms with E-state index < -0.39 is 0 Å². The molecule has 0 bridgehead atoms. The number of nitrogens with zero attached hydrogens (tertiary/aromatic N) is 4. The van der Waals surface area contributed by atoms with Crippen molar-refractivity contribution in [3.63, 3.8) is 0 Å². The summed E-state index contributed by atoms with van der Waals surface area (Å²) in [5, 5.41) is 14.5. The first-order valence-corrected chi connectivity index (χ1v) is 8.07. The number of rotatable bonds is 4. The first kappa shape index (κ1) is 14.5. The zero-order chi connectivity index (χ0) is 15.0. The van der Waals surface area contributed by atoms with Crippen molar-refractivity contribution in [2.75, 3.05) is 7.05 Å². The molecule has 2 aliphatic carbocycles. The molecule has 2 saturated carbocycles. The van der Waals surface area contributed by atoms with E-state index in [-0.39, 0.29) is 17.4 Å². The van der Waals surface area contributed by atoms with Gasteiger partial charge >= 0.3 is 0 Å². The summed E-state index contributed by atoms with van der Waals surface area (Å²) in [6.07, 6.45) is 6.44. The molecule has 21 heavy (non-hydrogen) atoms. The Balaban J connectivity index is 1.78. The number of H-pyrrole nitrogens is 1. The van der Waals surface area contributed by atoms with Crippen LogP contribution in [0.2, 0.25) is 0 Å². The van der Waals surface area contributed by atoms with Crippen LogP contribution in [0.3, 0.4) is 0 Å². The Labute approximate surface area is 125 Å². The van der Waals surface area contributed by atoms with Gasteiger partial charge in [-0.3, -0.25) is 4.79 Å². The summed E-state index contributed by atoms with van der Waals surface area (Å²) in [7, 11) is 1.97. The van der Waals surface area contributed by atoms with Crippen molar-refractivity contribution in [2.45, 2.75) is 64.3 Å². The van der Waals surface area contributed by atoms with E-state index in [9.17, 15) is 4.79 Å². The molecule has 2 aliphatic rings. The molecular formula is C15H25N5O. The molecule has 1 amide bonds. The highest BCUT2D eigenvalue weighted by Crippen LogP contribution is 2.49. The predicted molar refractivity (Wildman–Crippen MR) is 78.4 cm³/mol. The molecule has 6 heteroatoms. The average Bonchev–Trinajstić information content (AvgIpc) is 3.06. The van der Waals surface area contributed by atoms with Gasteiger partial charge in [0.2, 0.25) is 5.91 Å². The minimum Gasteiger partial charge on any atom is -0.342 e. The third-order valence-corrected chi connectivity index (χ3v) is 5.77. The number of aromatic amines is 1. The van der Waals surface area contributed by atoms with Gasteiger partial charge in [-0.25, -0.2) is 0 Å². The highest BCUT2D eigenvalue weighted by atomic mass is 16.2. The van der Waals surface area contributed by atoms with Crippen LogP contribution < -0.4 is 0 Å². The van der Waals surface area contributed by atoms with Gasteiger partial charge in [-0.1, -0.05) is 31.9 Å². The highest BCUT2D eigenvalue weighted by molar-refractivity contribution is 5.84. The van der Waals surface area contributed by atoms with Crippen LogP contribution in [0.5, 0.6) is 0 Å². The van der Waals surface area contributed by atoms with Gasteiger partial charge in [0.15, 0.2) is 5.82 Å². The maximum atomic E-state index is 13.1. The Hall–Kier alpha value is -1.46. The Morgan fingerprint density at radius 3 is 2.62 bits per heavy atom. The number of hydrogen-bond donors (Lipinski definition) is 1. The molecule has 0 aliphatic heterocycles. The molecular weight excluding hydrogens is 266 g/mol. The van der Waals surface area contributed by atoms with E-state index in [0.29, 0.717) is 11.8 Å². The zero-order valence-corrected chi connectivity index (χ0v) is 13.2. The van der Waals surface area contributed by atoms with Crippen LogP contribution >= 0.6 is 0 Å². The van der Waals surface area contributed by atoms with E-state index in [1.165, 1.54) is 6.42 Å². The fourth-order valence-corrected chi connectivity index (χ4v) is 4.13. The van der Waals surface area contributed by atoms with Crippen molar-refractivity contribution < 1.29 is 4.79 Å². The second-order valence-electron chi connectivity index (χ2n) is 6.96. The van der Waals surface area contributed by atoms with Crippen LogP contribution in [0.1, 0.15) is 64.1 Å². The van der Waals surface area contributed by atoms with Crippen LogP contribution in [0.15, 0.2) is 0 Å². The topological polar surface area (TPSA) is 74.8 Å². The van der Waals surface area contributed by atoms with E-state index in [4.69, 9.17) is 0 Å². The molecule has 3 rings (SSSR count). The number of carbonyl (C=O) groups excluding carboxylic acids is 1. The molecule has 1 heterocycles. The molecule has 2 fully saturated rings. The van der Waals surface area contributed by atoms with Crippen LogP contribution in [0, 0.1) is 11.3 Å². The van der Waals surface area contributed by atoms with Gasteiger partial charge in [0, 0.05) is 19.0 Å². The molecule has 0 spiro atoms. The normalized spacial score (nSPS) is 27.6. The number of amides is 1. The molecule has 2 atom stereocenters. The number of nitrogens with one attached hydrogen (secondary N) is 1. The maximum absolute atomic E-state index is 13.1. The van der Waals surface area contributed by atoms with E-state index in [1.54, 1.807) is 0 Å². The lowest BCUT2D eigenvalue weighted by molar-refractivity contribution is -0.152. The lowest BCUT2D eigenvalue weighted by Crippen LogP contribution is -2.53. The van der Waals surface area contributed by atoms with Gasteiger partial charge in [-0.2, -0.15) is 5.21 Å². The van der Waals surface area contributed by atoms with Crippen LogP contribution in [-0.2, 0) is 4.79 Å². The van der Waals surface area contributed by atoms with Crippen molar-refractivity contribution in [2.24, 2.45) is 11.3 Å². The SMILES string of the molecule is CC(C)C1(C(=O)N(C)C2CCCC2c2nn[nH]n2)CCC1. The summed E-state index contributed by atoms with van der Waals surface area (Å²) in [6, 6.07) is 0.214. The van der Waals surface area contributed by atoms with Gasteiger partial charge in [-0.15, -0.1) is 10.2 Å². The lowest BCUT2D eigenvalue weighted by atomic mass is 9.61. The van der Waals surface area contributed by atoms with Gasteiger partial charge in [0.25, 0.3) is 0 Å². The number of likely N-dealkylation sites (N-methyl/N-ethyl adjacent to an activating group) is 1. The molecule has 0 radical (unpaired) electrons. The summed E-state index contributed by atoms with van der Waals surface area (Å²) >= 11 is 0. The molecule has 2 unspecified atom stereocenters. The largest absolute Gasteiger partial charge is 0.342 e. The van der Waals surface area contributed by atoms with Crippen molar-refractivity contribution in [1.82, 2.24) is 25.5 Å². The number of carbonyl (C=O) groups is 1. The monoisotopic (exact) mass is 291 g/mol. The second-order valence-corrected chi connectivity index (χ2v) is 6.96. The lowest BCUT2D eigenvalue weighted by Gasteiger charge is -2.47. The number of hydrogen-bond acceptors (Lipinski definition) is 4. The molecule has 0 saturated heterocycles. The summed E-state index contributed by atoms with van der Waals surface area (Å²) in [5.74, 6) is 1.71. The smallest absolute Gasteiger partial charge is 0.229 e. The van der Waals surface area contributed by atoms with Gasteiger partial charge < -0.3 is 4.90 Å². The third-order valence-electron chi connectivity index (χ3n) is 5.77. The molecule has 0 aromatic carbocycles. The fourth-order valence-electron chi connectivity index (χ4n) is 4.13. The standard InChI is InChI=1S/C15H25N5O/c1-10(2)15(8-5-9-15)14(21)20(3)12-7-4-6-11(12)13-16-18-19-17-13/h10-12H,4-9H2,1-3H3,(H,16,17,18,19). The summed E-state index contributed by atoms with van der Waals surface area (Å²) in [5.41, 5.74) is -0.126. The quantitative estimate of drug-likeness (QED) is 0.922. The summed E-state index contributed by atoms with van der Waals surface area (Å²) < 4.78 is 0. The summed E-state index contributed by atoms with van der Waals surface area (Å²) in [4.78, 5) is 15.0. The second kappa shape index (κ2) is 5.39. The van der Waals surface area contributed by atoms with Gasteiger partial charge in [0.05, 0.1) is 5.41 Å². The first-order valence-electron chi connectivity index (χ1n) is 8.07. The Bertz CT molecular complexity index is 494. The number of aromatic nitrogens is 4. The molecule has 1 N–H and O–H groups in total. The number of tetrazole rings is 1. The third kappa shape index (κ3) is 2.24. The maximum Gasteiger partial charge on any atom is 0.229 e. The predicted octanol–water partition coefficient (Wildman–Crippen LogP) is 2.12. The molecule has 1 aromatic rings. The zero-order valence-electron chi connectivity index (χ0n) is 13.2. The van der Waals surface area contributed by atoms with Crippen molar-refractivity contribution >= 4 is 5.91 Å². The fraction of sp³-hybridized carbons (Fsp3) is 0.867. The average molecular weight is 291 g/mol. The Morgan fingerprint density at radius 1 is 1.33 bits per heavy atom. The summed E-state index contributed by atoms with van der Waals surface area (Å²) in [6.45, 7) is 4.35. The minimum atomic E-state index is -0.126. The van der Waals surface area contributed by atoms with Crippen LogP contribution in [-0.4, -0.2) is 44.5 Å². The van der Waals surface area contributed by atoms with E-state index in [0.717, 1.165) is 37.9 Å². The van der Waals surface area contributed by atoms with Crippen LogP contribution in [0.4, 0.5) is 0 Å². The molecule has 1 aromatic heterocycles. The Morgan fingerprint density at radius 2 is 2.10 bits per heavy atom. The van der Waals surface area contributed by atoms with Crippen LogP contribution in [0.25, 0.3) is 0 Å². The van der Waals surface area contributed by atoms with Gasteiger partial charge in [-0.05, 0) is 31.6 Å². The van der Waals surface area contributed by atoms with Crippen molar-refractivity contribution in [3.05, 3.63) is 5.82 Å². The van der Waals surface area contributed by atoms with E-state index in [2.05, 4.69) is 34.5 Å². The molecule has 6 nitrogen and oxygen atoms in total. The highest BCUT2D eigenvalue weighted by Gasteiger charge is 2.50. The van der Waals surface area contributed by atoms with Crippen molar-refractivity contribution in [1.29, 1.82) is 0 Å². The van der Waals surface area contributed by atoms with E-state index in [1.807, 2.05) is 11.9 Å². The van der Waals surface area contributed by atoms with Crippen molar-refractivity contribution in [3.8, 4) is 0 Å².